The average molecular weight is 325 g/mol. The van der Waals surface area contributed by atoms with Crippen molar-refractivity contribution in [1.29, 1.82) is 0 Å². The Morgan fingerprint density at radius 1 is 1.00 bits per heavy atom. The lowest BCUT2D eigenvalue weighted by Crippen LogP contribution is -2.40. The maximum absolute atomic E-state index is 12.0. The normalized spacial score (nSPS) is 10.0. The Bertz CT molecular complexity index is 754. The summed E-state index contributed by atoms with van der Waals surface area (Å²) in [4.78, 5) is 35.6. The van der Waals surface area contributed by atoms with E-state index in [0.29, 0.717) is 5.56 Å². The highest BCUT2D eigenvalue weighted by Gasteiger charge is 2.13. The van der Waals surface area contributed by atoms with Crippen molar-refractivity contribution in [2.75, 3.05) is 12.3 Å². The van der Waals surface area contributed by atoms with Gasteiger partial charge in [-0.2, -0.15) is 0 Å². The number of Topliss-reactive ketones (excluding diaryl/α,β-unsaturated/α-hetero) is 1. The lowest BCUT2D eigenvalue weighted by molar-refractivity contribution is 0.0965. The summed E-state index contributed by atoms with van der Waals surface area (Å²) in [6, 6.07) is 13.0. The van der Waals surface area contributed by atoms with Crippen LogP contribution in [-0.2, 0) is 0 Å². The Hall–Kier alpha value is -3.15. The van der Waals surface area contributed by atoms with Gasteiger partial charge in [-0.05, 0) is 19.1 Å². The van der Waals surface area contributed by atoms with Crippen LogP contribution in [0, 0.1) is 6.92 Å². The Balaban J connectivity index is 1.79. The predicted molar refractivity (Wildman–Crippen MR) is 91.8 cm³/mol. The SMILES string of the molecule is Cc1ccc(C(=O)CCNC(=O)NC(=O)c2ccccc2N)cc1. The number of hydrogen-bond acceptors (Lipinski definition) is 4. The van der Waals surface area contributed by atoms with Crippen molar-refractivity contribution in [2.45, 2.75) is 13.3 Å². The van der Waals surface area contributed by atoms with Gasteiger partial charge in [0.15, 0.2) is 5.78 Å². The number of anilines is 1. The number of aryl methyl sites for hydroxylation is 1. The zero-order chi connectivity index (χ0) is 17.5. The molecule has 2 aromatic rings. The number of benzene rings is 2. The lowest BCUT2D eigenvalue weighted by Gasteiger charge is -2.08. The van der Waals surface area contributed by atoms with E-state index in [9.17, 15) is 14.4 Å². The molecule has 0 bridgehead atoms. The number of ketones is 1. The predicted octanol–water partition coefficient (Wildman–Crippen LogP) is 2.29. The first-order valence-corrected chi connectivity index (χ1v) is 7.51. The summed E-state index contributed by atoms with van der Waals surface area (Å²) >= 11 is 0. The Morgan fingerprint density at radius 3 is 2.33 bits per heavy atom. The fraction of sp³-hybridized carbons (Fsp3) is 0.167. The second-order valence-corrected chi connectivity index (χ2v) is 5.34. The molecular weight excluding hydrogens is 306 g/mol. The van der Waals surface area contributed by atoms with Crippen molar-refractivity contribution in [3.8, 4) is 0 Å². The van der Waals surface area contributed by atoms with Gasteiger partial charge >= 0.3 is 6.03 Å². The van der Waals surface area contributed by atoms with Gasteiger partial charge in [0, 0.05) is 24.2 Å². The molecule has 6 nitrogen and oxygen atoms in total. The summed E-state index contributed by atoms with van der Waals surface area (Å²) in [6.45, 7) is 2.08. The zero-order valence-corrected chi connectivity index (χ0v) is 13.3. The van der Waals surface area contributed by atoms with Gasteiger partial charge in [-0.25, -0.2) is 4.79 Å². The molecule has 0 heterocycles. The third-order valence-electron chi connectivity index (χ3n) is 3.44. The first-order chi connectivity index (χ1) is 11.5. The van der Waals surface area contributed by atoms with E-state index in [0.717, 1.165) is 5.56 Å². The maximum atomic E-state index is 12.0. The lowest BCUT2D eigenvalue weighted by atomic mass is 10.1. The molecule has 2 aromatic carbocycles. The zero-order valence-electron chi connectivity index (χ0n) is 13.3. The smallest absolute Gasteiger partial charge is 0.321 e. The van der Waals surface area contributed by atoms with E-state index in [1.165, 1.54) is 6.07 Å². The van der Waals surface area contributed by atoms with Gasteiger partial charge < -0.3 is 11.1 Å². The van der Waals surface area contributed by atoms with Crippen LogP contribution in [0.25, 0.3) is 0 Å². The van der Waals surface area contributed by atoms with Crippen LogP contribution in [0.2, 0.25) is 0 Å². The van der Waals surface area contributed by atoms with Crippen molar-refractivity contribution in [3.63, 3.8) is 0 Å². The number of para-hydroxylation sites is 1. The minimum atomic E-state index is -0.667. The molecule has 6 heteroatoms. The number of amides is 3. The molecule has 0 saturated heterocycles. The number of nitrogens with two attached hydrogens (primary N) is 1. The van der Waals surface area contributed by atoms with E-state index in [1.807, 2.05) is 19.1 Å². The number of urea groups is 1. The summed E-state index contributed by atoms with van der Waals surface area (Å²) in [7, 11) is 0. The fourth-order valence-electron chi connectivity index (χ4n) is 2.09. The van der Waals surface area contributed by atoms with E-state index in [-0.39, 0.29) is 30.0 Å². The molecule has 3 amide bonds. The molecule has 4 N–H and O–H groups in total. The monoisotopic (exact) mass is 325 g/mol. The molecule has 124 valence electrons. The highest BCUT2D eigenvalue weighted by Crippen LogP contribution is 2.09. The molecule has 0 saturated carbocycles. The van der Waals surface area contributed by atoms with Crippen molar-refractivity contribution in [2.24, 2.45) is 0 Å². The molecule has 2 rings (SSSR count). The topological polar surface area (TPSA) is 101 Å². The summed E-state index contributed by atoms with van der Waals surface area (Å²) in [5, 5.41) is 4.66. The van der Waals surface area contributed by atoms with E-state index in [2.05, 4.69) is 10.6 Å². The summed E-state index contributed by atoms with van der Waals surface area (Å²) < 4.78 is 0. The van der Waals surface area contributed by atoms with Gasteiger partial charge in [-0.1, -0.05) is 42.0 Å². The molecule has 0 fully saturated rings. The minimum Gasteiger partial charge on any atom is -0.398 e. The quantitative estimate of drug-likeness (QED) is 0.580. The number of hydrogen-bond donors (Lipinski definition) is 3. The first kappa shape index (κ1) is 17.2. The largest absolute Gasteiger partial charge is 0.398 e. The third-order valence-corrected chi connectivity index (χ3v) is 3.44. The molecule has 0 spiro atoms. The van der Waals surface area contributed by atoms with E-state index in [1.54, 1.807) is 30.3 Å². The highest BCUT2D eigenvalue weighted by atomic mass is 16.2. The number of imide groups is 1. The first-order valence-electron chi connectivity index (χ1n) is 7.51. The Labute approximate surface area is 140 Å². The van der Waals surface area contributed by atoms with Gasteiger partial charge in [0.1, 0.15) is 0 Å². The van der Waals surface area contributed by atoms with Crippen LogP contribution in [0.3, 0.4) is 0 Å². The molecule has 0 atom stereocenters. The number of carbonyl (C=O) groups is 3. The third kappa shape index (κ3) is 4.67. The van der Waals surface area contributed by atoms with Crippen molar-refractivity contribution in [1.82, 2.24) is 10.6 Å². The van der Waals surface area contributed by atoms with Crippen LogP contribution in [0.5, 0.6) is 0 Å². The number of carbonyl (C=O) groups excluding carboxylic acids is 3. The van der Waals surface area contributed by atoms with Gasteiger partial charge in [0.25, 0.3) is 5.91 Å². The Kier molecular flexibility index (Phi) is 5.68. The minimum absolute atomic E-state index is 0.0751. The van der Waals surface area contributed by atoms with Gasteiger partial charge in [-0.15, -0.1) is 0 Å². The van der Waals surface area contributed by atoms with Crippen molar-refractivity contribution >= 4 is 23.4 Å². The molecule has 0 radical (unpaired) electrons. The molecule has 0 aliphatic carbocycles. The Morgan fingerprint density at radius 2 is 1.67 bits per heavy atom. The molecule has 24 heavy (non-hydrogen) atoms. The molecule has 0 aliphatic rings. The van der Waals surface area contributed by atoms with Crippen LogP contribution in [-0.4, -0.2) is 24.3 Å². The van der Waals surface area contributed by atoms with E-state index < -0.39 is 11.9 Å². The van der Waals surface area contributed by atoms with Crippen molar-refractivity contribution in [3.05, 3.63) is 65.2 Å². The maximum Gasteiger partial charge on any atom is 0.321 e. The van der Waals surface area contributed by atoms with E-state index >= 15 is 0 Å². The standard InChI is InChI=1S/C18H19N3O3/c1-12-6-8-13(9-7-12)16(22)10-11-20-18(24)21-17(23)14-4-2-3-5-15(14)19/h2-9H,10-11,19H2,1H3,(H2,20,21,23,24). The average Bonchev–Trinajstić information content (AvgIpc) is 2.55. The van der Waals surface area contributed by atoms with Crippen LogP contribution in [0.4, 0.5) is 10.5 Å². The molecular formula is C18H19N3O3. The molecule has 0 aromatic heterocycles. The van der Waals surface area contributed by atoms with Crippen LogP contribution < -0.4 is 16.4 Å². The van der Waals surface area contributed by atoms with Gasteiger partial charge in [0.05, 0.1) is 5.56 Å². The number of rotatable bonds is 5. The number of nitrogen functional groups attached to an aromatic ring is 1. The van der Waals surface area contributed by atoms with Crippen LogP contribution >= 0.6 is 0 Å². The second-order valence-electron chi connectivity index (χ2n) is 5.34. The van der Waals surface area contributed by atoms with E-state index in [4.69, 9.17) is 5.73 Å². The number of nitrogens with one attached hydrogen (secondary N) is 2. The molecule has 0 unspecified atom stereocenters. The summed E-state index contributed by atoms with van der Waals surface area (Å²) in [5.41, 5.74) is 7.85. The fourth-order valence-corrected chi connectivity index (χ4v) is 2.09. The second kappa shape index (κ2) is 7.92. The van der Waals surface area contributed by atoms with Gasteiger partial charge in [-0.3, -0.25) is 14.9 Å². The highest BCUT2D eigenvalue weighted by molar-refractivity contribution is 6.07. The molecule has 0 aliphatic heterocycles. The van der Waals surface area contributed by atoms with Crippen LogP contribution in [0.1, 0.15) is 32.7 Å². The summed E-state index contributed by atoms with van der Waals surface area (Å²) in [5.74, 6) is -0.663. The van der Waals surface area contributed by atoms with Gasteiger partial charge in [0.2, 0.25) is 0 Å². The van der Waals surface area contributed by atoms with Crippen LogP contribution in [0.15, 0.2) is 48.5 Å². The summed E-state index contributed by atoms with van der Waals surface area (Å²) in [6.07, 6.45) is 0.151. The van der Waals surface area contributed by atoms with Crippen molar-refractivity contribution < 1.29 is 14.4 Å².